The van der Waals surface area contributed by atoms with Crippen molar-refractivity contribution in [2.45, 2.75) is 32.7 Å². The molecule has 2 N–H and O–H groups in total. The summed E-state index contributed by atoms with van der Waals surface area (Å²) in [5.74, 6) is -0.0136. The fourth-order valence-corrected chi connectivity index (χ4v) is 1.99. The smallest absolute Gasteiger partial charge is 0.409 e. The topological polar surface area (TPSA) is 75.9 Å². The molecule has 0 unspecified atom stereocenters. The highest BCUT2D eigenvalue weighted by atomic mass is 16.6. The molecule has 1 heterocycles. The fourth-order valence-electron chi connectivity index (χ4n) is 1.99. The van der Waals surface area contributed by atoms with Crippen LogP contribution >= 0.6 is 0 Å². The first-order valence-electron chi connectivity index (χ1n) is 6.56. The molecule has 0 aromatic carbocycles. The van der Waals surface area contributed by atoms with E-state index in [0.717, 1.165) is 6.42 Å². The largest absolute Gasteiger partial charge is 0.450 e. The molecule has 1 saturated heterocycles. The molecule has 0 spiro atoms. The second-order valence-electron chi connectivity index (χ2n) is 4.41. The number of rotatable bonds is 4. The summed E-state index contributed by atoms with van der Waals surface area (Å²) in [6.07, 6.45) is 1.30. The Morgan fingerprint density at radius 2 is 1.72 bits per heavy atom. The molecule has 6 nitrogen and oxygen atoms in total. The normalized spacial score (nSPS) is 17.5. The van der Waals surface area contributed by atoms with Crippen LogP contribution in [0.25, 0.3) is 0 Å². The Morgan fingerprint density at radius 1 is 1.17 bits per heavy atom. The molecule has 0 radical (unpaired) electrons. The number of piperazine rings is 1. The molecular weight excluding hydrogens is 234 g/mol. The quantitative estimate of drug-likeness (QED) is 0.791. The van der Waals surface area contributed by atoms with Gasteiger partial charge in [-0.3, -0.25) is 4.79 Å². The van der Waals surface area contributed by atoms with Gasteiger partial charge in [-0.1, -0.05) is 13.3 Å². The lowest BCUT2D eigenvalue weighted by atomic mass is 10.1. The van der Waals surface area contributed by atoms with Crippen LogP contribution < -0.4 is 5.73 Å². The van der Waals surface area contributed by atoms with E-state index in [0.29, 0.717) is 39.2 Å². The lowest BCUT2D eigenvalue weighted by molar-refractivity contribution is -0.134. The molecule has 104 valence electrons. The minimum absolute atomic E-state index is 0.0136. The summed E-state index contributed by atoms with van der Waals surface area (Å²) in [5.41, 5.74) is 5.80. The molecular formula is C12H23N3O3. The van der Waals surface area contributed by atoms with Gasteiger partial charge < -0.3 is 20.3 Å². The highest BCUT2D eigenvalue weighted by molar-refractivity contribution is 5.82. The van der Waals surface area contributed by atoms with E-state index < -0.39 is 6.04 Å². The van der Waals surface area contributed by atoms with Gasteiger partial charge in [0.05, 0.1) is 12.6 Å². The van der Waals surface area contributed by atoms with E-state index >= 15 is 0 Å². The number of hydrogen-bond acceptors (Lipinski definition) is 4. The van der Waals surface area contributed by atoms with E-state index in [1.54, 1.807) is 16.7 Å². The molecule has 0 saturated carbocycles. The maximum absolute atomic E-state index is 12.0. The number of nitrogens with two attached hydrogens (primary N) is 1. The molecule has 0 aliphatic carbocycles. The summed E-state index contributed by atoms with van der Waals surface area (Å²) < 4.78 is 4.92. The zero-order valence-corrected chi connectivity index (χ0v) is 11.2. The van der Waals surface area contributed by atoms with Crippen LogP contribution in [0.15, 0.2) is 0 Å². The van der Waals surface area contributed by atoms with Crippen molar-refractivity contribution in [2.75, 3.05) is 32.8 Å². The average Bonchev–Trinajstić information content (AvgIpc) is 2.38. The molecule has 1 rings (SSSR count). The van der Waals surface area contributed by atoms with Crippen molar-refractivity contribution in [2.24, 2.45) is 5.73 Å². The number of hydrogen-bond donors (Lipinski definition) is 1. The van der Waals surface area contributed by atoms with Crippen LogP contribution in [0.5, 0.6) is 0 Å². The molecule has 18 heavy (non-hydrogen) atoms. The van der Waals surface area contributed by atoms with Crippen LogP contribution in [-0.2, 0) is 9.53 Å². The van der Waals surface area contributed by atoms with Gasteiger partial charge in [0, 0.05) is 26.2 Å². The monoisotopic (exact) mass is 257 g/mol. The lowest BCUT2D eigenvalue weighted by Crippen LogP contribution is -2.54. The third-order valence-electron chi connectivity index (χ3n) is 3.03. The molecule has 6 heteroatoms. The van der Waals surface area contributed by atoms with Gasteiger partial charge in [-0.05, 0) is 13.3 Å². The van der Waals surface area contributed by atoms with E-state index in [4.69, 9.17) is 10.5 Å². The third-order valence-corrected chi connectivity index (χ3v) is 3.03. The van der Waals surface area contributed by atoms with Crippen molar-refractivity contribution in [1.82, 2.24) is 9.80 Å². The Kier molecular flexibility index (Phi) is 5.91. The predicted octanol–water partition coefficient (Wildman–Crippen LogP) is 0.415. The third kappa shape index (κ3) is 3.87. The molecule has 1 aliphatic rings. The maximum Gasteiger partial charge on any atom is 0.409 e. The number of carbonyl (C=O) groups excluding carboxylic acids is 2. The Morgan fingerprint density at radius 3 is 2.22 bits per heavy atom. The van der Waals surface area contributed by atoms with Gasteiger partial charge in [-0.15, -0.1) is 0 Å². The highest BCUT2D eigenvalue weighted by Gasteiger charge is 2.27. The number of ether oxygens (including phenoxy) is 1. The van der Waals surface area contributed by atoms with Gasteiger partial charge >= 0.3 is 6.09 Å². The standard InChI is InChI=1S/C12H23N3O3/c1-3-5-10(13)11(16)14-6-8-15(9-7-14)12(17)18-4-2/h10H,3-9,13H2,1-2H3/t10-/m0/s1. The molecule has 0 bridgehead atoms. The van der Waals surface area contributed by atoms with Crippen LogP contribution in [0.1, 0.15) is 26.7 Å². The lowest BCUT2D eigenvalue weighted by Gasteiger charge is -2.35. The number of nitrogens with zero attached hydrogens (tertiary/aromatic N) is 2. The number of carbonyl (C=O) groups is 2. The van der Waals surface area contributed by atoms with Gasteiger partial charge in [0.25, 0.3) is 0 Å². The average molecular weight is 257 g/mol. The summed E-state index contributed by atoms with van der Waals surface area (Å²) in [4.78, 5) is 26.8. The Labute approximate surface area is 108 Å². The van der Waals surface area contributed by atoms with Gasteiger partial charge in [-0.2, -0.15) is 0 Å². The first kappa shape index (κ1) is 14.8. The van der Waals surface area contributed by atoms with Gasteiger partial charge in [-0.25, -0.2) is 4.79 Å². The molecule has 0 aromatic rings. The van der Waals surface area contributed by atoms with Crippen molar-refractivity contribution in [3.05, 3.63) is 0 Å². The predicted molar refractivity (Wildman–Crippen MR) is 68.1 cm³/mol. The van der Waals surface area contributed by atoms with Crippen LogP contribution in [0.2, 0.25) is 0 Å². The van der Waals surface area contributed by atoms with Crippen molar-refractivity contribution in [3.8, 4) is 0 Å². The Bertz CT molecular complexity index is 288. The van der Waals surface area contributed by atoms with Crippen LogP contribution in [0.4, 0.5) is 4.79 Å². The van der Waals surface area contributed by atoms with Crippen molar-refractivity contribution >= 4 is 12.0 Å². The summed E-state index contributed by atoms with van der Waals surface area (Å²) in [7, 11) is 0. The Hall–Kier alpha value is -1.30. The second-order valence-corrected chi connectivity index (χ2v) is 4.41. The maximum atomic E-state index is 12.0. The Balaban J connectivity index is 2.39. The van der Waals surface area contributed by atoms with Crippen molar-refractivity contribution in [1.29, 1.82) is 0 Å². The first-order valence-corrected chi connectivity index (χ1v) is 6.56. The molecule has 2 amide bonds. The molecule has 0 aromatic heterocycles. The van der Waals surface area contributed by atoms with E-state index in [9.17, 15) is 9.59 Å². The van der Waals surface area contributed by atoms with Gasteiger partial charge in [0.2, 0.25) is 5.91 Å². The van der Waals surface area contributed by atoms with Gasteiger partial charge in [0.1, 0.15) is 0 Å². The zero-order chi connectivity index (χ0) is 13.5. The van der Waals surface area contributed by atoms with Crippen molar-refractivity contribution in [3.63, 3.8) is 0 Å². The summed E-state index contributed by atoms with van der Waals surface area (Å²) in [6, 6.07) is -0.413. The van der Waals surface area contributed by atoms with Gasteiger partial charge in [0.15, 0.2) is 0 Å². The summed E-state index contributed by atoms with van der Waals surface area (Å²) in [5, 5.41) is 0. The van der Waals surface area contributed by atoms with Crippen LogP contribution in [0, 0.1) is 0 Å². The number of amides is 2. The van der Waals surface area contributed by atoms with Crippen molar-refractivity contribution < 1.29 is 14.3 Å². The fraction of sp³-hybridized carbons (Fsp3) is 0.833. The molecule has 1 aliphatic heterocycles. The minimum atomic E-state index is -0.413. The zero-order valence-electron chi connectivity index (χ0n) is 11.2. The minimum Gasteiger partial charge on any atom is -0.450 e. The van der Waals surface area contributed by atoms with E-state index in [1.807, 2.05) is 6.92 Å². The van der Waals surface area contributed by atoms with Crippen LogP contribution in [0.3, 0.4) is 0 Å². The molecule has 1 atom stereocenters. The SMILES string of the molecule is CCC[C@H](N)C(=O)N1CCN(C(=O)OCC)CC1. The van der Waals surface area contributed by atoms with E-state index in [-0.39, 0.29) is 12.0 Å². The second kappa shape index (κ2) is 7.20. The summed E-state index contributed by atoms with van der Waals surface area (Å²) >= 11 is 0. The van der Waals surface area contributed by atoms with E-state index in [2.05, 4.69) is 0 Å². The highest BCUT2D eigenvalue weighted by Crippen LogP contribution is 2.07. The first-order chi connectivity index (χ1) is 8.60. The van der Waals surface area contributed by atoms with E-state index in [1.165, 1.54) is 0 Å². The summed E-state index contributed by atoms with van der Waals surface area (Å²) in [6.45, 7) is 6.27. The van der Waals surface area contributed by atoms with Crippen LogP contribution in [-0.4, -0.2) is 60.6 Å². The molecule has 1 fully saturated rings.